The van der Waals surface area contributed by atoms with Crippen molar-refractivity contribution in [3.8, 4) is 5.75 Å². The fourth-order valence-electron chi connectivity index (χ4n) is 3.52. The first-order valence-corrected chi connectivity index (χ1v) is 10.3. The van der Waals surface area contributed by atoms with Crippen LogP contribution in [0.1, 0.15) is 31.2 Å². The fourth-order valence-corrected chi connectivity index (χ4v) is 4.07. The van der Waals surface area contributed by atoms with Gasteiger partial charge in [0, 0.05) is 4.90 Å². The summed E-state index contributed by atoms with van der Waals surface area (Å²) in [6.07, 6.45) is 4.08. The van der Waals surface area contributed by atoms with Crippen LogP contribution in [0.2, 0.25) is 0 Å². The van der Waals surface area contributed by atoms with Gasteiger partial charge in [-0.1, -0.05) is 24.3 Å². The monoisotopic (exact) mass is 370 g/mol. The van der Waals surface area contributed by atoms with Crippen molar-refractivity contribution in [1.82, 2.24) is 4.90 Å². The SMILES string of the molecule is CSc1ccccc1NC(=O)C(C)N1CCC(c2ccc(O)cc2)CC1. The van der Waals surface area contributed by atoms with E-state index in [2.05, 4.69) is 10.2 Å². The number of likely N-dealkylation sites (tertiary alicyclic amines) is 1. The van der Waals surface area contributed by atoms with Crippen LogP contribution in [-0.4, -0.2) is 41.3 Å². The number of benzene rings is 2. The Morgan fingerprint density at radius 3 is 2.46 bits per heavy atom. The second-order valence-corrected chi connectivity index (χ2v) is 7.62. The average Bonchev–Trinajstić information content (AvgIpc) is 2.68. The maximum absolute atomic E-state index is 12.7. The first kappa shape index (κ1) is 18.8. The zero-order valence-electron chi connectivity index (χ0n) is 15.3. The lowest BCUT2D eigenvalue weighted by molar-refractivity contribution is -0.121. The number of nitrogens with zero attached hydrogens (tertiary/aromatic N) is 1. The van der Waals surface area contributed by atoms with Gasteiger partial charge >= 0.3 is 0 Å². The molecule has 0 aromatic heterocycles. The number of carbonyl (C=O) groups excluding carboxylic acids is 1. The van der Waals surface area contributed by atoms with Crippen LogP contribution >= 0.6 is 11.8 Å². The number of para-hydroxylation sites is 1. The largest absolute Gasteiger partial charge is 0.508 e. The topological polar surface area (TPSA) is 52.6 Å². The van der Waals surface area contributed by atoms with E-state index in [9.17, 15) is 9.90 Å². The minimum absolute atomic E-state index is 0.0505. The van der Waals surface area contributed by atoms with Crippen molar-refractivity contribution in [2.45, 2.75) is 36.6 Å². The molecule has 2 aromatic rings. The van der Waals surface area contributed by atoms with Crippen molar-refractivity contribution >= 4 is 23.4 Å². The highest BCUT2D eigenvalue weighted by Crippen LogP contribution is 2.30. The number of aromatic hydroxyl groups is 1. The third kappa shape index (κ3) is 4.40. The highest BCUT2D eigenvalue weighted by molar-refractivity contribution is 7.98. The van der Waals surface area contributed by atoms with Gasteiger partial charge in [-0.25, -0.2) is 0 Å². The van der Waals surface area contributed by atoms with Crippen LogP contribution in [0.5, 0.6) is 5.75 Å². The number of rotatable bonds is 5. The van der Waals surface area contributed by atoms with Gasteiger partial charge in [0.05, 0.1) is 11.7 Å². The zero-order chi connectivity index (χ0) is 18.5. The molecule has 2 aromatic carbocycles. The minimum Gasteiger partial charge on any atom is -0.508 e. The summed E-state index contributed by atoms with van der Waals surface area (Å²) in [6.45, 7) is 3.80. The summed E-state index contributed by atoms with van der Waals surface area (Å²) in [5.41, 5.74) is 2.16. The van der Waals surface area contributed by atoms with E-state index >= 15 is 0 Å². The third-order valence-corrected chi connectivity index (χ3v) is 5.98. The maximum atomic E-state index is 12.7. The third-order valence-electron chi connectivity index (χ3n) is 5.19. The molecule has 26 heavy (non-hydrogen) atoms. The molecule has 0 bridgehead atoms. The Morgan fingerprint density at radius 1 is 1.15 bits per heavy atom. The van der Waals surface area contributed by atoms with Crippen LogP contribution in [0.15, 0.2) is 53.4 Å². The molecule has 1 aliphatic rings. The highest BCUT2D eigenvalue weighted by Gasteiger charge is 2.27. The summed E-state index contributed by atoms with van der Waals surface area (Å²) in [5.74, 6) is 0.857. The Labute approximate surface area is 159 Å². The Balaban J connectivity index is 1.56. The quantitative estimate of drug-likeness (QED) is 0.770. The standard InChI is InChI=1S/C21H26N2O2S/c1-15(21(25)22-19-5-3-4-6-20(19)26-2)23-13-11-17(12-14-23)16-7-9-18(24)10-8-16/h3-10,15,17,24H,11-14H2,1-2H3,(H,22,25). The molecular weight excluding hydrogens is 344 g/mol. The number of amides is 1. The van der Waals surface area contributed by atoms with Crippen molar-refractivity contribution < 1.29 is 9.90 Å². The molecule has 1 atom stereocenters. The molecule has 1 heterocycles. The second-order valence-electron chi connectivity index (χ2n) is 6.77. The lowest BCUT2D eigenvalue weighted by Crippen LogP contribution is -2.45. The Morgan fingerprint density at radius 2 is 1.81 bits per heavy atom. The molecule has 0 saturated carbocycles. The van der Waals surface area contributed by atoms with E-state index in [4.69, 9.17) is 0 Å². The molecular formula is C21H26N2O2S. The highest BCUT2D eigenvalue weighted by atomic mass is 32.2. The van der Waals surface area contributed by atoms with Gasteiger partial charge < -0.3 is 10.4 Å². The first-order chi connectivity index (χ1) is 12.6. The molecule has 1 fully saturated rings. The number of piperidine rings is 1. The lowest BCUT2D eigenvalue weighted by atomic mass is 9.89. The van der Waals surface area contributed by atoms with E-state index < -0.39 is 0 Å². The predicted molar refractivity (Wildman–Crippen MR) is 108 cm³/mol. The number of hydrogen-bond donors (Lipinski definition) is 2. The second kappa shape index (κ2) is 8.60. The molecule has 0 aliphatic carbocycles. The summed E-state index contributed by atoms with van der Waals surface area (Å²) in [5, 5.41) is 12.5. The van der Waals surface area contributed by atoms with Gasteiger partial charge in [0.2, 0.25) is 5.91 Å². The van der Waals surface area contributed by atoms with Crippen molar-refractivity contribution in [1.29, 1.82) is 0 Å². The molecule has 5 heteroatoms. The van der Waals surface area contributed by atoms with Gasteiger partial charge in [0.15, 0.2) is 0 Å². The summed E-state index contributed by atoms with van der Waals surface area (Å²) in [7, 11) is 0. The molecule has 1 unspecified atom stereocenters. The number of phenolic OH excluding ortho intramolecular Hbond substituents is 1. The van der Waals surface area contributed by atoms with Crippen LogP contribution in [-0.2, 0) is 4.79 Å². The van der Waals surface area contributed by atoms with E-state index in [1.807, 2.05) is 49.6 Å². The van der Waals surface area contributed by atoms with Crippen molar-refractivity contribution in [3.63, 3.8) is 0 Å². The van der Waals surface area contributed by atoms with Gasteiger partial charge in [0.25, 0.3) is 0 Å². The van der Waals surface area contributed by atoms with Gasteiger partial charge in [-0.2, -0.15) is 0 Å². The maximum Gasteiger partial charge on any atom is 0.241 e. The minimum atomic E-state index is -0.148. The van der Waals surface area contributed by atoms with E-state index in [1.165, 1.54) is 5.56 Å². The van der Waals surface area contributed by atoms with Crippen molar-refractivity contribution in [2.75, 3.05) is 24.7 Å². The molecule has 2 N–H and O–H groups in total. The number of anilines is 1. The van der Waals surface area contributed by atoms with Crippen LogP contribution < -0.4 is 5.32 Å². The number of phenols is 1. The summed E-state index contributed by atoms with van der Waals surface area (Å²) in [6, 6.07) is 15.3. The van der Waals surface area contributed by atoms with Gasteiger partial charge in [-0.05, 0) is 74.9 Å². The van der Waals surface area contributed by atoms with E-state index in [0.717, 1.165) is 36.5 Å². The molecule has 1 amide bonds. The van der Waals surface area contributed by atoms with Gasteiger partial charge in [-0.3, -0.25) is 9.69 Å². The number of thioether (sulfide) groups is 1. The smallest absolute Gasteiger partial charge is 0.241 e. The number of carbonyl (C=O) groups is 1. The van der Waals surface area contributed by atoms with Crippen LogP contribution in [0.3, 0.4) is 0 Å². The van der Waals surface area contributed by atoms with Crippen molar-refractivity contribution in [2.24, 2.45) is 0 Å². The Kier molecular flexibility index (Phi) is 6.22. The molecule has 0 spiro atoms. The van der Waals surface area contributed by atoms with Crippen molar-refractivity contribution in [3.05, 3.63) is 54.1 Å². The number of hydrogen-bond acceptors (Lipinski definition) is 4. The fraction of sp³-hybridized carbons (Fsp3) is 0.381. The van der Waals surface area contributed by atoms with Crippen LogP contribution in [0, 0.1) is 0 Å². The Bertz CT molecular complexity index is 740. The lowest BCUT2D eigenvalue weighted by Gasteiger charge is -2.35. The van der Waals surface area contributed by atoms with Gasteiger partial charge in [-0.15, -0.1) is 11.8 Å². The molecule has 1 aliphatic heterocycles. The van der Waals surface area contributed by atoms with E-state index in [1.54, 1.807) is 23.9 Å². The van der Waals surface area contributed by atoms with Gasteiger partial charge in [0.1, 0.15) is 5.75 Å². The van der Waals surface area contributed by atoms with Crippen LogP contribution in [0.25, 0.3) is 0 Å². The molecule has 3 rings (SSSR count). The van der Waals surface area contributed by atoms with E-state index in [0.29, 0.717) is 11.7 Å². The molecule has 4 nitrogen and oxygen atoms in total. The summed E-state index contributed by atoms with van der Waals surface area (Å²) < 4.78 is 0. The normalized spacial score (nSPS) is 17.0. The average molecular weight is 371 g/mol. The molecule has 138 valence electrons. The predicted octanol–water partition coefficient (Wildman–Crippen LogP) is 4.32. The summed E-state index contributed by atoms with van der Waals surface area (Å²) in [4.78, 5) is 16.0. The Hall–Kier alpha value is -1.98. The number of nitrogens with one attached hydrogen (secondary N) is 1. The molecule has 1 saturated heterocycles. The van der Waals surface area contributed by atoms with Crippen LogP contribution in [0.4, 0.5) is 5.69 Å². The molecule has 0 radical (unpaired) electrons. The van der Waals surface area contributed by atoms with E-state index in [-0.39, 0.29) is 11.9 Å². The first-order valence-electron chi connectivity index (χ1n) is 9.05. The summed E-state index contributed by atoms with van der Waals surface area (Å²) >= 11 is 1.64. The zero-order valence-corrected chi connectivity index (χ0v) is 16.1.